The molecule has 1 aromatic carbocycles. The van der Waals surface area contributed by atoms with Gasteiger partial charge in [0.05, 0.1) is 17.2 Å². The summed E-state index contributed by atoms with van der Waals surface area (Å²) in [7, 11) is -4.27. The second-order valence-electron chi connectivity index (χ2n) is 2.67. The number of rotatable bonds is 1. The van der Waals surface area contributed by atoms with Crippen molar-refractivity contribution in [2.24, 2.45) is 0 Å². The van der Waals surface area contributed by atoms with Gasteiger partial charge in [0, 0.05) is 0 Å². The first-order valence-corrected chi connectivity index (χ1v) is 5.21. The van der Waals surface area contributed by atoms with Gasteiger partial charge in [-0.1, -0.05) is 12.1 Å². The van der Waals surface area contributed by atoms with Crippen molar-refractivity contribution in [3.05, 3.63) is 30.5 Å². The third-order valence-electron chi connectivity index (χ3n) is 1.69. The normalized spacial score (nSPS) is 11.0. The number of nitrogens with zero attached hydrogens (tertiary/aromatic N) is 2. The Hall–Kier alpha value is -0.530. The molecule has 5 nitrogen and oxygen atoms in total. The smallest absolute Gasteiger partial charge is 1.00 e. The quantitative estimate of drug-likeness (QED) is 0.455. The van der Waals surface area contributed by atoms with E-state index in [1.54, 1.807) is 24.3 Å². The van der Waals surface area contributed by atoms with Crippen LogP contribution in [-0.4, -0.2) is 22.9 Å². The molecule has 0 aliphatic heterocycles. The van der Waals surface area contributed by atoms with Gasteiger partial charge in [-0.25, -0.2) is 4.98 Å². The van der Waals surface area contributed by atoms with E-state index in [2.05, 4.69) is 9.97 Å². The first-order valence-electron chi connectivity index (χ1n) is 3.77. The van der Waals surface area contributed by atoms with E-state index in [0.717, 1.165) is 6.20 Å². The van der Waals surface area contributed by atoms with E-state index in [1.165, 1.54) is 0 Å². The van der Waals surface area contributed by atoms with Gasteiger partial charge in [-0.15, -0.1) is 0 Å². The maximum Gasteiger partial charge on any atom is 1.00 e. The molecule has 0 saturated heterocycles. The minimum Gasteiger partial charge on any atom is -1.00 e. The number of fused-ring (bicyclic) bond motifs is 1. The molecule has 0 aliphatic carbocycles. The summed E-state index contributed by atoms with van der Waals surface area (Å²) in [6.07, 6.45) is 1.03. The number of para-hydroxylation sites is 2. The zero-order chi connectivity index (χ0) is 10.2. The summed E-state index contributed by atoms with van der Waals surface area (Å²) >= 11 is 0. The molecule has 0 atom stereocenters. The van der Waals surface area contributed by atoms with Gasteiger partial charge in [0.15, 0.2) is 0 Å². The van der Waals surface area contributed by atoms with Crippen molar-refractivity contribution in [1.82, 2.24) is 9.97 Å². The molecule has 0 fully saturated rings. The summed E-state index contributed by atoms with van der Waals surface area (Å²) in [4.78, 5) is 7.59. The topological polar surface area (TPSA) is 80.2 Å². The Balaban J connectivity index is 0.00000112. The van der Waals surface area contributed by atoms with Crippen LogP contribution in [-0.2, 0) is 10.1 Å². The molecule has 0 amide bonds. The van der Waals surface area contributed by atoms with Crippen molar-refractivity contribution >= 4 is 21.2 Å². The standard InChI is InChI=1S/C8H6N2O3S.Na.H/c11-14(12,13)8-5-9-6-3-1-2-4-7(6)10-8;;/h1-5H,(H,11,12,13);;/q;+1;-1. The molecule has 0 bridgehead atoms. The molecule has 1 N–H and O–H groups in total. The van der Waals surface area contributed by atoms with Crippen molar-refractivity contribution in [1.29, 1.82) is 0 Å². The molecular formula is C8H7N2NaO3S. The van der Waals surface area contributed by atoms with E-state index >= 15 is 0 Å². The van der Waals surface area contributed by atoms with E-state index in [1.807, 2.05) is 0 Å². The largest absolute Gasteiger partial charge is 1.00 e. The minimum absolute atomic E-state index is 0. The molecule has 15 heavy (non-hydrogen) atoms. The van der Waals surface area contributed by atoms with Crippen molar-refractivity contribution in [2.45, 2.75) is 5.03 Å². The predicted octanol–water partition coefficient (Wildman–Crippen LogP) is -2.01. The van der Waals surface area contributed by atoms with E-state index in [-0.39, 0.29) is 31.0 Å². The van der Waals surface area contributed by atoms with Crippen LogP contribution < -0.4 is 29.6 Å². The number of benzene rings is 1. The van der Waals surface area contributed by atoms with Crippen LogP contribution in [0.25, 0.3) is 11.0 Å². The molecule has 1 aromatic heterocycles. The molecule has 0 saturated carbocycles. The molecule has 0 aliphatic rings. The van der Waals surface area contributed by atoms with E-state index in [0.29, 0.717) is 11.0 Å². The molecule has 0 unspecified atom stereocenters. The SMILES string of the molecule is O=S(=O)(O)c1cnc2ccccc2n1.[H-].[Na+]. The molecule has 2 aromatic rings. The fraction of sp³-hybridized carbons (Fsp3) is 0. The first-order chi connectivity index (χ1) is 6.57. The van der Waals surface area contributed by atoms with Gasteiger partial charge < -0.3 is 1.43 Å². The van der Waals surface area contributed by atoms with Crippen molar-refractivity contribution in [3.63, 3.8) is 0 Å². The number of aromatic nitrogens is 2. The Morgan fingerprint density at radius 2 is 1.80 bits per heavy atom. The minimum atomic E-state index is -4.27. The van der Waals surface area contributed by atoms with Gasteiger partial charge in [0.2, 0.25) is 5.03 Å². The van der Waals surface area contributed by atoms with Crippen molar-refractivity contribution in [3.8, 4) is 0 Å². The average Bonchev–Trinajstić information content (AvgIpc) is 2.16. The molecule has 1 heterocycles. The maximum absolute atomic E-state index is 10.7. The van der Waals surface area contributed by atoms with Crippen LogP contribution >= 0.6 is 0 Å². The molecule has 0 spiro atoms. The molecule has 0 radical (unpaired) electrons. The number of hydrogen-bond acceptors (Lipinski definition) is 4. The summed E-state index contributed by atoms with van der Waals surface area (Å²) in [5, 5.41) is -0.434. The Labute approximate surface area is 110 Å². The summed E-state index contributed by atoms with van der Waals surface area (Å²) in [6, 6.07) is 6.81. The van der Waals surface area contributed by atoms with Crippen LogP contribution in [0.1, 0.15) is 1.43 Å². The predicted molar refractivity (Wildman–Crippen MR) is 50.5 cm³/mol. The summed E-state index contributed by atoms with van der Waals surface area (Å²) < 4.78 is 30.2. The van der Waals surface area contributed by atoms with Crippen LogP contribution in [0.5, 0.6) is 0 Å². The fourth-order valence-corrected chi connectivity index (χ4v) is 1.46. The zero-order valence-corrected chi connectivity index (χ0v) is 10.8. The Bertz CT molecular complexity index is 591. The second-order valence-corrected chi connectivity index (χ2v) is 4.04. The van der Waals surface area contributed by atoms with Crippen LogP contribution in [0, 0.1) is 0 Å². The van der Waals surface area contributed by atoms with Crippen LogP contribution in [0.15, 0.2) is 35.5 Å². The summed E-state index contributed by atoms with van der Waals surface area (Å²) in [5.74, 6) is 0. The molecule has 2 rings (SSSR count). The van der Waals surface area contributed by atoms with Gasteiger partial charge in [-0.2, -0.15) is 8.42 Å². The van der Waals surface area contributed by atoms with Gasteiger partial charge in [0.1, 0.15) is 0 Å². The van der Waals surface area contributed by atoms with Crippen LogP contribution in [0.4, 0.5) is 0 Å². The van der Waals surface area contributed by atoms with Crippen LogP contribution in [0.3, 0.4) is 0 Å². The van der Waals surface area contributed by atoms with E-state index in [4.69, 9.17) is 4.55 Å². The third-order valence-corrected chi connectivity index (χ3v) is 2.42. The van der Waals surface area contributed by atoms with E-state index < -0.39 is 15.1 Å². The van der Waals surface area contributed by atoms with Gasteiger partial charge in [-0.05, 0) is 12.1 Å². The molecular weight excluding hydrogens is 227 g/mol. The third kappa shape index (κ3) is 2.73. The van der Waals surface area contributed by atoms with Crippen molar-refractivity contribution < 1.29 is 44.0 Å². The van der Waals surface area contributed by atoms with Crippen LogP contribution in [0.2, 0.25) is 0 Å². The molecule has 7 heteroatoms. The fourth-order valence-electron chi connectivity index (χ4n) is 1.06. The van der Waals surface area contributed by atoms with E-state index in [9.17, 15) is 8.42 Å². The van der Waals surface area contributed by atoms with Gasteiger partial charge in [0.25, 0.3) is 0 Å². The van der Waals surface area contributed by atoms with Crippen molar-refractivity contribution in [2.75, 3.05) is 0 Å². The maximum atomic E-state index is 10.7. The van der Waals surface area contributed by atoms with Gasteiger partial charge in [-0.3, -0.25) is 9.54 Å². The summed E-state index contributed by atoms with van der Waals surface area (Å²) in [5.41, 5.74) is 1.02. The monoisotopic (exact) mass is 234 g/mol. The Kier molecular flexibility index (Phi) is 3.80. The second kappa shape index (κ2) is 4.54. The average molecular weight is 234 g/mol. The number of hydrogen-bond donors (Lipinski definition) is 1. The van der Waals surface area contributed by atoms with Gasteiger partial charge >= 0.3 is 39.7 Å². The first kappa shape index (κ1) is 12.5. The molecule has 74 valence electrons. The zero-order valence-electron chi connectivity index (χ0n) is 8.95. The Morgan fingerprint density at radius 1 is 1.20 bits per heavy atom. The summed E-state index contributed by atoms with van der Waals surface area (Å²) in [6.45, 7) is 0. The Morgan fingerprint density at radius 3 is 2.40 bits per heavy atom.